The van der Waals surface area contributed by atoms with E-state index in [0.29, 0.717) is 19.4 Å². The van der Waals surface area contributed by atoms with Gasteiger partial charge in [0.2, 0.25) is 6.04 Å². The Hall–Kier alpha value is -2.44. The van der Waals surface area contributed by atoms with Crippen molar-refractivity contribution >= 4 is 11.9 Å². The molecular weight excluding hydrogens is 300 g/mol. The molecule has 3 rings (SSSR count). The Balaban J connectivity index is 1.57. The summed E-state index contributed by atoms with van der Waals surface area (Å²) in [6.07, 6.45) is 1.03. The zero-order valence-electron chi connectivity index (χ0n) is 12.6. The van der Waals surface area contributed by atoms with Gasteiger partial charge in [-0.05, 0) is 18.4 Å². The van der Waals surface area contributed by atoms with Crippen LogP contribution >= 0.6 is 0 Å². The number of nitrogens with zero attached hydrogens (tertiary/aromatic N) is 2. The van der Waals surface area contributed by atoms with E-state index in [1.165, 1.54) is 4.90 Å². The van der Waals surface area contributed by atoms with Gasteiger partial charge >= 0.3 is 6.09 Å². The molecule has 0 bridgehead atoms. The highest BCUT2D eigenvalue weighted by Crippen LogP contribution is 2.37. The SMILES string of the molecule is O=C(C1CC1[N+](=O)[O-])[C@@H]1CCCN1C(=O)OCc1ccccc1. The summed E-state index contributed by atoms with van der Waals surface area (Å²) in [6, 6.07) is 7.95. The molecule has 1 aliphatic carbocycles. The molecule has 1 aliphatic heterocycles. The van der Waals surface area contributed by atoms with Crippen molar-refractivity contribution in [1.82, 2.24) is 4.90 Å². The zero-order valence-corrected chi connectivity index (χ0v) is 12.6. The van der Waals surface area contributed by atoms with E-state index in [9.17, 15) is 19.7 Å². The van der Waals surface area contributed by atoms with Crippen LogP contribution < -0.4 is 0 Å². The maximum Gasteiger partial charge on any atom is 0.410 e. The number of nitro groups is 1. The molecule has 1 saturated carbocycles. The second kappa shape index (κ2) is 6.36. The third-order valence-electron chi connectivity index (χ3n) is 4.41. The Kier molecular flexibility index (Phi) is 4.27. The highest BCUT2D eigenvalue weighted by atomic mass is 16.6. The van der Waals surface area contributed by atoms with Crippen LogP contribution in [0.2, 0.25) is 0 Å². The molecule has 1 aromatic rings. The maximum atomic E-state index is 12.4. The van der Waals surface area contributed by atoms with Gasteiger partial charge in [0.25, 0.3) is 0 Å². The van der Waals surface area contributed by atoms with Gasteiger partial charge in [0.05, 0.1) is 12.0 Å². The van der Waals surface area contributed by atoms with E-state index in [1.54, 1.807) is 0 Å². The van der Waals surface area contributed by atoms with E-state index in [1.807, 2.05) is 30.3 Å². The Bertz CT molecular complexity index is 618. The summed E-state index contributed by atoms with van der Waals surface area (Å²) in [7, 11) is 0. The Morgan fingerprint density at radius 1 is 1.30 bits per heavy atom. The van der Waals surface area contributed by atoms with Crippen LogP contribution in [-0.4, -0.2) is 40.3 Å². The van der Waals surface area contributed by atoms with Crippen molar-refractivity contribution in [1.29, 1.82) is 0 Å². The van der Waals surface area contributed by atoms with Crippen LogP contribution in [0.15, 0.2) is 30.3 Å². The molecule has 1 saturated heterocycles. The highest BCUT2D eigenvalue weighted by molar-refractivity contribution is 5.92. The number of benzene rings is 1. The topological polar surface area (TPSA) is 89.8 Å². The molecular formula is C16H18N2O5. The van der Waals surface area contributed by atoms with Gasteiger partial charge in [-0.15, -0.1) is 0 Å². The predicted octanol–water partition coefficient (Wildman–Crippen LogP) is 2.02. The maximum absolute atomic E-state index is 12.4. The standard InChI is InChI=1S/C16H18N2O5/c19-15(12-9-14(12)18(21)22)13-7-4-8-17(13)16(20)23-10-11-5-2-1-3-6-11/h1-3,5-6,12-14H,4,7-10H2/t12?,13-,14?/m0/s1. The van der Waals surface area contributed by atoms with Gasteiger partial charge in [-0.3, -0.25) is 19.8 Å². The van der Waals surface area contributed by atoms with Crippen molar-refractivity contribution in [2.45, 2.75) is 38.0 Å². The van der Waals surface area contributed by atoms with Gasteiger partial charge in [-0.2, -0.15) is 0 Å². The Morgan fingerprint density at radius 3 is 2.70 bits per heavy atom. The van der Waals surface area contributed by atoms with E-state index in [2.05, 4.69) is 0 Å². The quantitative estimate of drug-likeness (QED) is 0.612. The van der Waals surface area contributed by atoms with Crippen LogP contribution in [0.3, 0.4) is 0 Å². The van der Waals surface area contributed by atoms with Gasteiger partial charge in [0.15, 0.2) is 5.78 Å². The minimum Gasteiger partial charge on any atom is -0.445 e. The number of hydrogen-bond acceptors (Lipinski definition) is 5. The molecule has 122 valence electrons. The number of rotatable bonds is 5. The lowest BCUT2D eigenvalue weighted by Gasteiger charge is -2.22. The summed E-state index contributed by atoms with van der Waals surface area (Å²) >= 11 is 0. The molecule has 0 radical (unpaired) electrons. The third-order valence-corrected chi connectivity index (χ3v) is 4.41. The van der Waals surface area contributed by atoms with Crippen molar-refractivity contribution in [2.75, 3.05) is 6.54 Å². The summed E-state index contributed by atoms with van der Waals surface area (Å²) in [4.78, 5) is 36.3. The molecule has 2 aliphatic rings. The van der Waals surface area contributed by atoms with E-state index in [4.69, 9.17) is 4.74 Å². The highest BCUT2D eigenvalue weighted by Gasteiger charge is 2.56. The molecule has 7 heteroatoms. The minimum absolute atomic E-state index is 0.151. The van der Waals surface area contributed by atoms with Gasteiger partial charge in [-0.25, -0.2) is 4.79 Å². The minimum atomic E-state index is -0.773. The smallest absolute Gasteiger partial charge is 0.410 e. The van der Waals surface area contributed by atoms with Gasteiger partial charge in [0, 0.05) is 17.9 Å². The Morgan fingerprint density at radius 2 is 2.04 bits per heavy atom. The second-order valence-electron chi connectivity index (χ2n) is 5.99. The normalized spacial score (nSPS) is 25.9. The molecule has 0 N–H and O–H groups in total. The number of carbonyl (C=O) groups excluding carboxylic acids is 2. The molecule has 1 heterocycles. The lowest BCUT2D eigenvalue weighted by atomic mass is 10.1. The van der Waals surface area contributed by atoms with Gasteiger partial charge < -0.3 is 4.74 Å². The number of ketones is 1. The summed E-state index contributed by atoms with van der Waals surface area (Å²) in [6.45, 7) is 0.609. The lowest BCUT2D eigenvalue weighted by molar-refractivity contribution is -0.497. The summed E-state index contributed by atoms with van der Waals surface area (Å²) in [5, 5.41) is 10.7. The molecule has 2 fully saturated rings. The first-order chi connectivity index (χ1) is 11.1. The van der Waals surface area contributed by atoms with Crippen LogP contribution in [0.4, 0.5) is 4.79 Å². The molecule has 1 aromatic carbocycles. The monoisotopic (exact) mass is 318 g/mol. The summed E-state index contributed by atoms with van der Waals surface area (Å²) < 4.78 is 5.27. The average molecular weight is 318 g/mol. The number of carbonyl (C=O) groups is 2. The van der Waals surface area contributed by atoms with Crippen molar-refractivity contribution in [2.24, 2.45) is 5.92 Å². The fourth-order valence-corrected chi connectivity index (χ4v) is 3.05. The van der Waals surface area contributed by atoms with Crippen molar-refractivity contribution < 1.29 is 19.2 Å². The number of likely N-dealkylation sites (tertiary alicyclic amines) is 1. The van der Waals surface area contributed by atoms with Crippen LogP contribution in [0.25, 0.3) is 0 Å². The van der Waals surface area contributed by atoms with Crippen molar-refractivity contribution in [3.05, 3.63) is 46.0 Å². The number of hydrogen-bond donors (Lipinski definition) is 0. The van der Waals surface area contributed by atoms with Crippen molar-refractivity contribution in [3.8, 4) is 0 Å². The van der Waals surface area contributed by atoms with E-state index >= 15 is 0 Å². The molecule has 7 nitrogen and oxygen atoms in total. The Labute approximate surface area is 133 Å². The van der Waals surface area contributed by atoms with Crippen LogP contribution in [-0.2, 0) is 16.1 Å². The van der Waals surface area contributed by atoms with Crippen molar-refractivity contribution in [3.63, 3.8) is 0 Å². The van der Waals surface area contributed by atoms with Gasteiger partial charge in [-0.1, -0.05) is 30.3 Å². The third kappa shape index (κ3) is 3.33. The number of ether oxygens (including phenoxy) is 1. The van der Waals surface area contributed by atoms with E-state index < -0.39 is 29.0 Å². The van der Waals surface area contributed by atoms with Crippen LogP contribution in [0.1, 0.15) is 24.8 Å². The van der Waals surface area contributed by atoms with E-state index in [0.717, 1.165) is 5.56 Å². The van der Waals surface area contributed by atoms with Crippen LogP contribution in [0, 0.1) is 16.0 Å². The van der Waals surface area contributed by atoms with Crippen LogP contribution in [0.5, 0.6) is 0 Å². The first-order valence-electron chi connectivity index (χ1n) is 7.72. The molecule has 0 aromatic heterocycles. The largest absolute Gasteiger partial charge is 0.445 e. The molecule has 1 amide bonds. The van der Waals surface area contributed by atoms with Gasteiger partial charge in [0.1, 0.15) is 6.61 Å². The predicted molar refractivity (Wildman–Crippen MR) is 80.3 cm³/mol. The second-order valence-corrected chi connectivity index (χ2v) is 5.99. The number of amides is 1. The molecule has 2 unspecified atom stereocenters. The van der Waals surface area contributed by atoms with E-state index in [-0.39, 0.29) is 18.8 Å². The fraction of sp³-hybridized carbons (Fsp3) is 0.500. The molecule has 23 heavy (non-hydrogen) atoms. The fourth-order valence-electron chi connectivity index (χ4n) is 3.05. The lowest BCUT2D eigenvalue weighted by Crippen LogP contribution is -2.42. The first kappa shape index (κ1) is 15.5. The average Bonchev–Trinajstić information content (AvgIpc) is 3.22. The zero-order chi connectivity index (χ0) is 16.4. The molecule has 3 atom stereocenters. The molecule has 0 spiro atoms. The summed E-state index contributed by atoms with van der Waals surface area (Å²) in [5.41, 5.74) is 0.874. The first-order valence-corrected chi connectivity index (χ1v) is 7.72. The summed E-state index contributed by atoms with van der Waals surface area (Å²) in [5.74, 6) is -0.738. The number of Topliss-reactive ketones (excluding diaryl/α,β-unsaturated/α-hetero) is 1.